The number of nitrogen functional groups attached to an aromatic ring is 1. The number of pyridine rings is 1. The Balaban J connectivity index is 2.01. The number of aromatic nitrogens is 1. The fourth-order valence-electron chi connectivity index (χ4n) is 2.16. The van der Waals surface area contributed by atoms with Crippen LogP contribution in [0.25, 0.3) is 10.9 Å². The first-order valence-electron chi connectivity index (χ1n) is 6.39. The maximum Gasteiger partial charge on any atom is 0.335 e. The Kier molecular flexibility index (Phi) is 3.16. The first-order chi connectivity index (χ1) is 10.1. The molecule has 0 amide bonds. The number of fused-ring (bicyclic) bond motifs is 1. The molecule has 0 bridgehead atoms. The molecule has 3 rings (SSSR count). The number of benzene rings is 2. The number of carboxylic acid groups (broad SMARTS) is 1. The third-order valence-corrected chi connectivity index (χ3v) is 3.20. The van der Waals surface area contributed by atoms with E-state index >= 15 is 0 Å². The third-order valence-electron chi connectivity index (χ3n) is 3.20. The van der Waals surface area contributed by atoms with E-state index in [1.54, 1.807) is 12.3 Å². The van der Waals surface area contributed by atoms with Gasteiger partial charge in [0, 0.05) is 11.6 Å². The van der Waals surface area contributed by atoms with Gasteiger partial charge in [-0.15, -0.1) is 0 Å². The molecule has 0 atom stereocenters. The third kappa shape index (κ3) is 2.49. The summed E-state index contributed by atoms with van der Waals surface area (Å²) in [5.74, 6) is -1.000. The standard InChI is InChI=1S/C16H13N3O2/c17-12-9-11(16(20)21)6-7-13(12)19-14-5-1-3-10-4-2-8-18-15(10)14/h1-9,19H,17H2,(H,20,21). The summed E-state index contributed by atoms with van der Waals surface area (Å²) in [5.41, 5.74) is 8.75. The second-order valence-corrected chi connectivity index (χ2v) is 4.61. The van der Waals surface area contributed by atoms with E-state index in [-0.39, 0.29) is 5.56 Å². The van der Waals surface area contributed by atoms with Crippen LogP contribution in [0.2, 0.25) is 0 Å². The Hall–Kier alpha value is -3.08. The van der Waals surface area contributed by atoms with Crippen LogP contribution in [0.3, 0.4) is 0 Å². The van der Waals surface area contributed by atoms with Crippen molar-refractivity contribution in [1.29, 1.82) is 0 Å². The zero-order chi connectivity index (χ0) is 14.8. The molecule has 3 aromatic rings. The Labute approximate surface area is 121 Å². The van der Waals surface area contributed by atoms with E-state index in [4.69, 9.17) is 10.8 Å². The molecule has 0 aliphatic heterocycles. The summed E-state index contributed by atoms with van der Waals surface area (Å²) in [4.78, 5) is 15.3. The minimum absolute atomic E-state index is 0.161. The van der Waals surface area contributed by atoms with E-state index < -0.39 is 5.97 Å². The van der Waals surface area contributed by atoms with E-state index in [9.17, 15) is 4.79 Å². The summed E-state index contributed by atoms with van der Waals surface area (Å²) in [5, 5.41) is 13.2. The lowest BCUT2D eigenvalue weighted by atomic mass is 10.1. The van der Waals surface area contributed by atoms with Gasteiger partial charge in [-0.1, -0.05) is 18.2 Å². The predicted molar refractivity (Wildman–Crippen MR) is 82.8 cm³/mol. The number of hydrogen-bond donors (Lipinski definition) is 3. The van der Waals surface area contributed by atoms with Crippen LogP contribution in [0.1, 0.15) is 10.4 Å². The van der Waals surface area contributed by atoms with E-state index in [2.05, 4.69) is 10.3 Å². The van der Waals surface area contributed by atoms with Crippen LogP contribution >= 0.6 is 0 Å². The fourth-order valence-corrected chi connectivity index (χ4v) is 2.16. The van der Waals surface area contributed by atoms with Crippen molar-refractivity contribution >= 4 is 33.9 Å². The molecule has 1 aromatic heterocycles. The first-order valence-corrected chi connectivity index (χ1v) is 6.39. The SMILES string of the molecule is Nc1cc(C(=O)O)ccc1Nc1cccc2cccnc12. The number of nitrogens with one attached hydrogen (secondary N) is 1. The van der Waals surface area contributed by atoms with Gasteiger partial charge in [-0.25, -0.2) is 4.79 Å². The highest BCUT2D eigenvalue weighted by atomic mass is 16.4. The molecular formula is C16H13N3O2. The molecule has 1 heterocycles. The van der Waals surface area contributed by atoms with Gasteiger partial charge in [-0.2, -0.15) is 0 Å². The van der Waals surface area contributed by atoms with Gasteiger partial charge >= 0.3 is 5.97 Å². The lowest BCUT2D eigenvalue weighted by Crippen LogP contribution is -2.01. The summed E-state index contributed by atoms with van der Waals surface area (Å²) in [6, 6.07) is 14.3. The van der Waals surface area contributed by atoms with E-state index in [0.717, 1.165) is 16.6 Å². The number of para-hydroxylation sites is 1. The van der Waals surface area contributed by atoms with Gasteiger partial charge in [0.05, 0.1) is 28.1 Å². The molecule has 104 valence electrons. The lowest BCUT2D eigenvalue weighted by molar-refractivity contribution is 0.0697. The Morgan fingerprint density at radius 3 is 2.67 bits per heavy atom. The van der Waals surface area contributed by atoms with Gasteiger partial charge in [0.15, 0.2) is 0 Å². The number of anilines is 3. The summed E-state index contributed by atoms with van der Waals surface area (Å²) in [7, 11) is 0. The molecule has 5 heteroatoms. The topological polar surface area (TPSA) is 88.2 Å². The summed E-state index contributed by atoms with van der Waals surface area (Å²) < 4.78 is 0. The van der Waals surface area contributed by atoms with Crippen molar-refractivity contribution in [1.82, 2.24) is 4.98 Å². The molecule has 2 aromatic carbocycles. The largest absolute Gasteiger partial charge is 0.478 e. The van der Waals surface area contributed by atoms with E-state index in [0.29, 0.717) is 11.4 Å². The Bertz CT molecular complexity index is 825. The monoisotopic (exact) mass is 279 g/mol. The highest BCUT2D eigenvalue weighted by molar-refractivity contribution is 5.94. The van der Waals surface area contributed by atoms with Crippen molar-refractivity contribution in [3.05, 3.63) is 60.3 Å². The molecule has 4 N–H and O–H groups in total. The van der Waals surface area contributed by atoms with Gasteiger partial charge in [0.25, 0.3) is 0 Å². The number of aromatic carboxylic acids is 1. The van der Waals surface area contributed by atoms with Gasteiger partial charge in [-0.05, 0) is 30.3 Å². The molecule has 21 heavy (non-hydrogen) atoms. The quantitative estimate of drug-likeness (QED) is 0.640. The van der Waals surface area contributed by atoms with E-state index in [1.807, 2.05) is 30.3 Å². The minimum Gasteiger partial charge on any atom is -0.478 e. The van der Waals surface area contributed by atoms with Crippen molar-refractivity contribution < 1.29 is 9.90 Å². The highest BCUT2D eigenvalue weighted by Gasteiger charge is 2.08. The predicted octanol–water partition coefficient (Wildman–Crippen LogP) is 3.26. The number of nitrogens with two attached hydrogens (primary N) is 1. The maximum atomic E-state index is 10.9. The molecular weight excluding hydrogens is 266 g/mol. The number of nitrogens with zero attached hydrogens (tertiary/aromatic N) is 1. The summed E-state index contributed by atoms with van der Waals surface area (Å²) >= 11 is 0. The molecule has 5 nitrogen and oxygen atoms in total. The number of carbonyl (C=O) groups is 1. The highest BCUT2D eigenvalue weighted by Crippen LogP contribution is 2.28. The molecule has 0 aliphatic rings. The summed E-state index contributed by atoms with van der Waals surface area (Å²) in [6.45, 7) is 0. The normalized spacial score (nSPS) is 10.5. The smallest absolute Gasteiger partial charge is 0.335 e. The second-order valence-electron chi connectivity index (χ2n) is 4.61. The van der Waals surface area contributed by atoms with Crippen LogP contribution in [0.15, 0.2) is 54.7 Å². The zero-order valence-electron chi connectivity index (χ0n) is 11.1. The number of hydrogen-bond acceptors (Lipinski definition) is 4. The van der Waals surface area contributed by atoms with Gasteiger partial charge in [-0.3, -0.25) is 4.98 Å². The first kappa shape index (κ1) is 12.9. The molecule has 0 fully saturated rings. The molecule has 0 radical (unpaired) electrons. The lowest BCUT2D eigenvalue weighted by Gasteiger charge is -2.11. The number of rotatable bonds is 3. The maximum absolute atomic E-state index is 10.9. The molecule has 0 spiro atoms. The van der Waals surface area contributed by atoms with Crippen molar-refractivity contribution in [2.24, 2.45) is 0 Å². The molecule has 0 saturated carbocycles. The fraction of sp³-hybridized carbons (Fsp3) is 0. The van der Waals surface area contributed by atoms with Gasteiger partial charge in [0.1, 0.15) is 0 Å². The van der Waals surface area contributed by atoms with Crippen LogP contribution in [0.4, 0.5) is 17.1 Å². The zero-order valence-corrected chi connectivity index (χ0v) is 11.1. The van der Waals surface area contributed by atoms with Gasteiger partial charge in [0.2, 0.25) is 0 Å². The van der Waals surface area contributed by atoms with Crippen LogP contribution < -0.4 is 11.1 Å². The summed E-state index contributed by atoms with van der Waals surface area (Å²) in [6.07, 6.45) is 1.73. The van der Waals surface area contributed by atoms with Crippen molar-refractivity contribution in [3.8, 4) is 0 Å². The molecule has 0 saturated heterocycles. The van der Waals surface area contributed by atoms with E-state index in [1.165, 1.54) is 12.1 Å². The minimum atomic E-state index is -1.000. The average Bonchev–Trinajstić information content (AvgIpc) is 2.49. The van der Waals surface area contributed by atoms with Crippen molar-refractivity contribution in [3.63, 3.8) is 0 Å². The Morgan fingerprint density at radius 2 is 1.90 bits per heavy atom. The van der Waals surface area contributed by atoms with Gasteiger partial charge < -0.3 is 16.2 Å². The van der Waals surface area contributed by atoms with Crippen LogP contribution in [0.5, 0.6) is 0 Å². The van der Waals surface area contributed by atoms with Crippen LogP contribution in [-0.2, 0) is 0 Å². The van der Waals surface area contributed by atoms with Crippen molar-refractivity contribution in [2.45, 2.75) is 0 Å². The number of carboxylic acids is 1. The van der Waals surface area contributed by atoms with Crippen LogP contribution in [-0.4, -0.2) is 16.1 Å². The molecule has 0 aliphatic carbocycles. The van der Waals surface area contributed by atoms with Crippen molar-refractivity contribution in [2.75, 3.05) is 11.1 Å². The average molecular weight is 279 g/mol. The van der Waals surface area contributed by atoms with Crippen LogP contribution in [0, 0.1) is 0 Å². The Morgan fingerprint density at radius 1 is 1.10 bits per heavy atom. The second kappa shape index (κ2) is 5.13. The molecule has 0 unspecified atom stereocenters.